The Hall–Kier alpha value is -2.73. The fourth-order valence-electron chi connectivity index (χ4n) is 2.14. The number of esters is 1. The highest BCUT2D eigenvalue weighted by Gasteiger charge is 2.24. The fourth-order valence-corrected chi connectivity index (χ4v) is 2.33. The van der Waals surface area contributed by atoms with Crippen molar-refractivity contribution in [2.75, 3.05) is 19.5 Å². The smallest absolute Gasteiger partial charge is 0.346 e. The second-order valence-corrected chi connectivity index (χ2v) is 5.52. The number of ether oxygens (including phenoxy) is 3. The minimum absolute atomic E-state index is 0.120. The minimum atomic E-state index is -1.03. The van der Waals surface area contributed by atoms with E-state index in [1.54, 1.807) is 42.5 Å². The van der Waals surface area contributed by atoms with E-state index in [1.807, 2.05) is 0 Å². The number of carbonyl (C=O) groups excluding carboxylic acids is 2. The van der Waals surface area contributed by atoms with Crippen molar-refractivity contribution in [2.24, 2.45) is 0 Å². The Morgan fingerprint density at radius 3 is 2.20 bits per heavy atom. The molecule has 7 heteroatoms. The molecular weight excluding hydrogens is 346 g/mol. The summed E-state index contributed by atoms with van der Waals surface area (Å²) in [6.07, 6.45) is -1.03. The lowest BCUT2D eigenvalue weighted by Crippen LogP contribution is -2.30. The molecule has 0 saturated carbocycles. The molecule has 25 heavy (non-hydrogen) atoms. The first-order chi connectivity index (χ1) is 12.0. The number of hydrogen-bond donors (Lipinski definition) is 1. The number of anilines is 1. The van der Waals surface area contributed by atoms with Gasteiger partial charge in [-0.3, -0.25) is 4.79 Å². The number of methoxy groups -OCH3 is 2. The lowest BCUT2D eigenvalue weighted by molar-refractivity contribution is -0.123. The maximum Gasteiger partial charge on any atom is 0.346 e. The minimum Gasteiger partial charge on any atom is -0.496 e. The van der Waals surface area contributed by atoms with Gasteiger partial charge in [0.25, 0.3) is 5.91 Å². The first kappa shape index (κ1) is 18.6. The van der Waals surface area contributed by atoms with Gasteiger partial charge >= 0.3 is 5.97 Å². The summed E-state index contributed by atoms with van der Waals surface area (Å²) in [4.78, 5) is 24.6. The van der Waals surface area contributed by atoms with E-state index in [-0.39, 0.29) is 5.56 Å². The first-order valence-corrected chi connectivity index (χ1v) is 7.82. The Morgan fingerprint density at radius 1 is 1.04 bits per heavy atom. The fraction of sp³-hybridized carbons (Fsp3) is 0.222. The summed E-state index contributed by atoms with van der Waals surface area (Å²) in [7, 11) is 2.86. The second kappa shape index (κ2) is 8.39. The van der Waals surface area contributed by atoms with E-state index < -0.39 is 18.0 Å². The van der Waals surface area contributed by atoms with Crippen LogP contribution in [-0.2, 0) is 9.53 Å². The average molecular weight is 364 g/mol. The number of carbonyl (C=O) groups is 2. The third-order valence-corrected chi connectivity index (χ3v) is 3.61. The molecule has 132 valence electrons. The van der Waals surface area contributed by atoms with E-state index in [2.05, 4.69) is 5.32 Å². The SMILES string of the molecule is COc1cccc(OC)c1C(=O)O[C@H](C)C(=O)Nc1cccc(Cl)c1. The van der Waals surface area contributed by atoms with Gasteiger partial charge < -0.3 is 19.5 Å². The summed E-state index contributed by atoms with van der Waals surface area (Å²) in [5, 5.41) is 3.12. The van der Waals surface area contributed by atoms with E-state index in [4.69, 9.17) is 25.8 Å². The monoisotopic (exact) mass is 363 g/mol. The van der Waals surface area contributed by atoms with Crippen molar-refractivity contribution in [3.05, 3.63) is 53.1 Å². The molecular formula is C18H18ClNO5. The average Bonchev–Trinajstić information content (AvgIpc) is 2.60. The van der Waals surface area contributed by atoms with Gasteiger partial charge in [0.05, 0.1) is 14.2 Å². The molecule has 2 rings (SSSR count). The summed E-state index contributed by atoms with van der Waals surface area (Å²) in [6, 6.07) is 11.6. The number of rotatable bonds is 6. The molecule has 0 bridgehead atoms. The number of nitrogens with one attached hydrogen (secondary N) is 1. The van der Waals surface area contributed by atoms with Gasteiger partial charge in [0.1, 0.15) is 17.1 Å². The molecule has 0 unspecified atom stereocenters. The highest BCUT2D eigenvalue weighted by atomic mass is 35.5. The zero-order chi connectivity index (χ0) is 18.4. The molecule has 0 aliphatic rings. The van der Waals surface area contributed by atoms with Crippen molar-refractivity contribution >= 4 is 29.2 Å². The topological polar surface area (TPSA) is 73.9 Å². The van der Waals surface area contributed by atoms with E-state index in [0.29, 0.717) is 22.2 Å². The first-order valence-electron chi connectivity index (χ1n) is 7.44. The number of hydrogen-bond acceptors (Lipinski definition) is 5. The molecule has 0 aliphatic carbocycles. The summed E-state index contributed by atoms with van der Waals surface area (Å²) >= 11 is 5.87. The van der Waals surface area contributed by atoms with Crippen LogP contribution in [0.1, 0.15) is 17.3 Å². The van der Waals surface area contributed by atoms with E-state index in [1.165, 1.54) is 21.1 Å². The molecule has 1 N–H and O–H groups in total. The predicted molar refractivity (Wildman–Crippen MR) is 94.5 cm³/mol. The van der Waals surface area contributed by atoms with Gasteiger partial charge in [-0.15, -0.1) is 0 Å². The van der Waals surface area contributed by atoms with Gasteiger partial charge in [-0.05, 0) is 37.3 Å². The molecule has 0 fully saturated rings. The van der Waals surface area contributed by atoms with Crippen LogP contribution in [0.4, 0.5) is 5.69 Å². The molecule has 6 nitrogen and oxygen atoms in total. The Labute approximate surface area is 150 Å². The van der Waals surface area contributed by atoms with Crippen LogP contribution in [0.3, 0.4) is 0 Å². The van der Waals surface area contributed by atoms with Crippen LogP contribution in [0.5, 0.6) is 11.5 Å². The Balaban J connectivity index is 2.11. The van der Waals surface area contributed by atoms with E-state index in [0.717, 1.165) is 0 Å². The lowest BCUT2D eigenvalue weighted by Gasteiger charge is -2.16. The van der Waals surface area contributed by atoms with Crippen molar-refractivity contribution < 1.29 is 23.8 Å². The number of amides is 1. The van der Waals surface area contributed by atoms with Crippen LogP contribution in [0.15, 0.2) is 42.5 Å². The van der Waals surface area contributed by atoms with Gasteiger partial charge in [0.15, 0.2) is 6.10 Å². The molecule has 2 aromatic rings. The Kier molecular flexibility index (Phi) is 6.25. The number of halogens is 1. The third-order valence-electron chi connectivity index (χ3n) is 3.38. The molecule has 0 heterocycles. The summed E-state index contributed by atoms with van der Waals surface area (Å²) in [5.74, 6) is -0.605. The van der Waals surface area contributed by atoms with E-state index in [9.17, 15) is 9.59 Å². The largest absolute Gasteiger partial charge is 0.496 e. The summed E-state index contributed by atoms with van der Waals surface area (Å²) in [6.45, 7) is 1.47. The van der Waals surface area contributed by atoms with Crippen LogP contribution in [-0.4, -0.2) is 32.2 Å². The van der Waals surface area contributed by atoms with Crippen LogP contribution >= 0.6 is 11.6 Å². The van der Waals surface area contributed by atoms with Gasteiger partial charge in [0, 0.05) is 10.7 Å². The Bertz CT molecular complexity index is 756. The van der Waals surface area contributed by atoms with Crippen LogP contribution in [0.2, 0.25) is 5.02 Å². The molecule has 0 spiro atoms. The van der Waals surface area contributed by atoms with Gasteiger partial charge in [-0.25, -0.2) is 4.79 Å². The molecule has 0 radical (unpaired) electrons. The van der Waals surface area contributed by atoms with Gasteiger partial charge in [-0.1, -0.05) is 23.7 Å². The highest BCUT2D eigenvalue weighted by Crippen LogP contribution is 2.29. The third kappa shape index (κ3) is 4.64. The van der Waals surface area contributed by atoms with Crippen molar-refractivity contribution in [2.45, 2.75) is 13.0 Å². The molecule has 0 aliphatic heterocycles. The molecule has 1 atom stereocenters. The van der Waals surface area contributed by atoms with Crippen LogP contribution in [0.25, 0.3) is 0 Å². The van der Waals surface area contributed by atoms with Gasteiger partial charge in [-0.2, -0.15) is 0 Å². The maximum absolute atomic E-state index is 12.4. The Morgan fingerprint density at radius 2 is 1.64 bits per heavy atom. The zero-order valence-electron chi connectivity index (χ0n) is 14.0. The zero-order valence-corrected chi connectivity index (χ0v) is 14.8. The molecule has 1 amide bonds. The summed E-state index contributed by atoms with van der Waals surface area (Å²) in [5.41, 5.74) is 0.630. The lowest BCUT2D eigenvalue weighted by atomic mass is 10.1. The second-order valence-electron chi connectivity index (χ2n) is 5.08. The van der Waals surface area contributed by atoms with Crippen LogP contribution in [0, 0.1) is 0 Å². The molecule has 0 aromatic heterocycles. The van der Waals surface area contributed by atoms with Crippen molar-refractivity contribution in [3.63, 3.8) is 0 Å². The van der Waals surface area contributed by atoms with E-state index >= 15 is 0 Å². The molecule has 2 aromatic carbocycles. The number of benzene rings is 2. The predicted octanol–water partition coefficient (Wildman–Crippen LogP) is 3.54. The normalized spacial score (nSPS) is 11.4. The van der Waals surface area contributed by atoms with Crippen molar-refractivity contribution in [3.8, 4) is 11.5 Å². The van der Waals surface area contributed by atoms with Crippen molar-refractivity contribution in [1.82, 2.24) is 0 Å². The summed E-state index contributed by atoms with van der Waals surface area (Å²) < 4.78 is 15.6. The van der Waals surface area contributed by atoms with Crippen LogP contribution < -0.4 is 14.8 Å². The van der Waals surface area contributed by atoms with Gasteiger partial charge in [0.2, 0.25) is 0 Å². The maximum atomic E-state index is 12.4. The molecule has 0 saturated heterocycles. The van der Waals surface area contributed by atoms with Crippen molar-refractivity contribution in [1.29, 1.82) is 0 Å². The highest BCUT2D eigenvalue weighted by molar-refractivity contribution is 6.30. The standard InChI is InChI=1S/C18H18ClNO5/c1-11(17(21)20-13-7-4-6-12(19)10-13)25-18(22)16-14(23-2)8-5-9-15(16)24-3/h4-11H,1-3H3,(H,20,21)/t11-/m1/s1. The quantitative estimate of drug-likeness (QED) is 0.794.